The molecule has 4 rings (SSSR count). The van der Waals surface area contributed by atoms with Crippen molar-refractivity contribution >= 4 is 11.6 Å². The van der Waals surface area contributed by atoms with Crippen molar-refractivity contribution in [1.29, 1.82) is 0 Å². The van der Waals surface area contributed by atoms with E-state index in [-0.39, 0.29) is 36.7 Å². The lowest BCUT2D eigenvalue weighted by atomic mass is 10.1. The van der Waals surface area contributed by atoms with Gasteiger partial charge in [-0.1, -0.05) is 18.2 Å². The van der Waals surface area contributed by atoms with Crippen molar-refractivity contribution in [2.45, 2.75) is 45.1 Å². The summed E-state index contributed by atoms with van der Waals surface area (Å²) < 4.78 is 46.9. The fourth-order valence-electron chi connectivity index (χ4n) is 4.25. The molecule has 0 saturated carbocycles. The summed E-state index contributed by atoms with van der Waals surface area (Å²) in [7, 11) is 0. The van der Waals surface area contributed by atoms with Gasteiger partial charge in [-0.25, -0.2) is 0 Å². The number of piperazine rings is 1. The summed E-state index contributed by atoms with van der Waals surface area (Å²) in [5.74, 6) is -0.329. The minimum Gasteiger partial charge on any atom is -0.356 e. The second-order valence-electron chi connectivity index (χ2n) is 8.14. The monoisotopic (exact) mass is 450 g/mol. The van der Waals surface area contributed by atoms with Crippen LogP contribution in [0.3, 0.4) is 0 Å². The molecule has 7 nitrogen and oxygen atoms in total. The minimum absolute atomic E-state index is 0.0543. The average Bonchev–Trinajstić information content (AvgIpc) is 2.76. The lowest BCUT2D eigenvalue weighted by Gasteiger charge is -2.36. The molecule has 0 spiro atoms. The van der Waals surface area contributed by atoms with Crippen molar-refractivity contribution in [2.75, 3.05) is 31.1 Å². The summed E-state index contributed by atoms with van der Waals surface area (Å²) >= 11 is 0. The maximum atomic E-state index is 13.3. The van der Waals surface area contributed by atoms with Gasteiger partial charge < -0.3 is 14.5 Å². The Morgan fingerprint density at radius 1 is 1.16 bits per heavy atom. The van der Waals surface area contributed by atoms with Crippen LogP contribution in [-0.2, 0) is 22.3 Å². The van der Waals surface area contributed by atoms with Crippen molar-refractivity contribution in [3.8, 4) is 0 Å². The maximum Gasteiger partial charge on any atom is 0.416 e. The Morgan fingerprint density at radius 3 is 2.62 bits per heavy atom. The highest BCUT2D eigenvalue weighted by atomic mass is 19.4. The second kappa shape index (κ2) is 8.93. The molecule has 2 fully saturated rings. The highest BCUT2D eigenvalue weighted by Gasteiger charge is 2.35. The van der Waals surface area contributed by atoms with Crippen molar-refractivity contribution in [1.82, 2.24) is 14.7 Å². The number of carbonyl (C=O) groups is 1. The Balaban J connectivity index is 1.52. The molecule has 1 unspecified atom stereocenters. The van der Waals surface area contributed by atoms with Gasteiger partial charge in [0.1, 0.15) is 5.69 Å². The number of hydrogen-bond donors (Lipinski definition) is 0. The zero-order valence-corrected chi connectivity index (χ0v) is 17.8. The zero-order valence-electron chi connectivity index (χ0n) is 17.8. The zero-order chi connectivity index (χ0) is 22.9. The number of alkyl halides is 3. The van der Waals surface area contributed by atoms with Crippen LogP contribution >= 0.6 is 0 Å². The van der Waals surface area contributed by atoms with Gasteiger partial charge in [-0.05, 0) is 43.4 Å². The van der Waals surface area contributed by atoms with E-state index in [9.17, 15) is 22.8 Å². The molecule has 1 atom stereocenters. The molecule has 32 heavy (non-hydrogen) atoms. The van der Waals surface area contributed by atoms with Gasteiger partial charge in [0.25, 0.3) is 5.56 Å². The Labute approximate surface area is 183 Å². The third kappa shape index (κ3) is 4.50. The molecule has 172 valence electrons. The normalized spacial score (nSPS) is 20.0. The molecule has 2 aliphatic rings. The van der Waals surface area contributed by atoms with E-state index in [1.54, 1.807) is 18.0 Å². The van der Waals surface area contributed by atoms with Crippen molar-refractivity contribution in [2.24, 2.45) is 0 Å². The van der Waals surface area contributed by atoms with Crippen LogP contribution in [0.4, 0.5) is 18.9 Å². The number of rotatable bonds is 4. The van der Waals surface area contributed by atoms with E-state index in [2.05, 4.69) is 5.10 Å². The number of anilines is 1. The fourth-order valence-corrected chi connectivity index (χ4v) is 4.25. The van der Waals surface area contributed by atoms with Gasteiger partial charge in [-0.15, -0.1) is 0 Å². The summed E-state index contributed by atoms with van der Waals surface area (Å²) in [4.78, 5) is 29.0. The molecule has 10 heteroatoms. The molecule has 0 aliphatic carbocycles. The average molecular weight is 450 g/mol. The summed E-state index contributed by atoms with van der Waals surface area (Å²) in [6, 6.07) is 5.27. The van der Waals surface area contributed by atoms with E-state index in [1.165, 1.54) is 27.8 Å². The molecule has 0 bridgehead atoms. The predicted octanol–water partition coefficient (Wildman–Crippen LogP) is 3.12. The molecular weight excluding hydrogens is 425 g/mol. The largest absolute Gasteiger partial charge is 0.416 e. The Hall–Kier alpha value is -2.88. The molecule has 0 N–H and O–H groups in total. The van der Waals surface area contributed by atoms with Gasteiger partial charge in [0, 0.05) is 26.2 Å². The van der Waals surface area contributed by atoms with Gasteiger partial charge in [0.15, 0.2) is 6.23 Å². The number of ether oxygens (including phenoxy) is 1. The predicted molar refractivity (Wildman–Crippen MR) is 111 cm³/mol. The third-order valence-electron chi connectivity index (χ3n) is 5.91. The van der Waals surface area contributed by atoms with E-state index < -0.39 is 18.0 Å². The summed E-state index contributed by atoms with van der Waals surface area (Å²) in [6.07, 6.45) is -0.740. The second-order valence-corrected chi connectivity index (χ2v) is 8.14. The Kier molecular flexibility index (Phi) is 6.23. The number of nitrogens with zero attached hydrogens (tertiary/aromatic N) is 4. The van der Waals surface area contributed by atoms with Crippen LogP contribution in [0, 0.1) is 6.92 Å². The van der Waals surface area contributed by atoms with E-state index >= 15 is 0 Å². The number of benzene rings is 1. The number of aryl methyl sites for hydroxylation is 1. The van der Waals surface area contributed by atoms with Gasteiger partial charge in [0.2, 0.25) is 5.91 Å². The molecule has 1 amide bonds. The van der Waals surface area contributed by atoms with Crippen LogP contribution in [0.5, 0.6) is 0 Å². The maximum absolute atomic E-state index is 13.3. The first-order valence-electron chi connectivity index (χ1n) is 10.6. The van der Waals surface area contributed by atoms with E-state index in [0.717, 1.165) is 18.9 Å². The van der Waals surface area contributed by atoms with Gasteiger partial charge >= 0.3 is 6.18 Å². The SMILES string of the molecule is Cc1cnn(C2CCCCO2)c(=O)c1N1CCN(Cc2ccccc2C(F)(F)F)C(=O)C1. The molecule has 1 aromatic heterocycles. The van der Waals surface area contributed by atoms with E-state index in [4.69, 9.17) is 4.74 Å². The number of halogens is 3. The van der Waals surface area contributed by atoms with Crippen LogP contribution in [0.1, 0.15) is 42.2 Å². The lowest BCUT2D eigenvalue weighted by molar-refractivity contribution is -0.140. The van der Waals surface area contributed by atoms with Crippen LogP contribution in [0.2, 0.25) is 0 Å². The van der Waals surface area contributed by atoms with Crippen LogP contribution in [0.25, 0.3) is 0 Å². The van der Waals surface area contributed by atoms with Crippen LogP contribution < -0.4 is 10.5 Å². The van der Waals surface area contributed by atoms with Crippen molar-refractivity contribution < 1.29 is 22.7 Å². The van der Waals surface area contributed by atoms with Gasteiger partial charge in [0.05, 0.1) is 18.3 Å². The van der Waals surface area contributed by atoms with Gasteiger partial charge in [-0.3, -0.25) is 9.59 Å². The van der Waals surface area contributed by atoms with Crippen LogP contribution in [0.15, 0.2) is 35.3 Å². The molecule has 2 aromatic rings. The highest BCUT2D eigenvalue weighted by molar-refractivity contribution is 5.83. The smallest absolute Gasteiger partial charge is 0.356 e. The fraction of sp³-hybridized carbons (Fsp3) is 0.500. The number of hydrogen-bond acceptors (Lipinski definition) is 5. The summed E-state index contributed by atoms with van der Waals surface area (Å²) in [5, 5.41) is 4.23. The molecule has 3 heterocycles. The minimum atomic E-state index is -4.48. The molecule has 2 saturated heterocycles. The van der Waals surface area contributed by atoms with E-state index in [0.29, 0.717) is 30.8 Å². The molecule has 2 aliphatic heterocycles. The first kappa shape index (κ1) is 22.3. The van der Waals surface area contributed by atoms with Crippen LogP contribution in [-0.4, -0.2) is 46.8 Å². The molecule has 1 aromatic carbocycles. The first-order chi connectivity index (χ1) is 15.3. The third-order valence-corrected chi connectivity index (χ3v) is 5.91. The lowest BCUT2D eigenvalue weighted by Crippen LogP contribution is -2.52. The molecular formula is C22H25F3N4O3. The number of carbonyl (C=O) groups excluding carboxylic acids is 1. The standard InChI is InChI=1S/C22H25F3N4O3/c1-15-12-26-29(19-8-4-5-11-32-19)21(31)20(15)28-10-9-27(18(30)14-28)13-16-6-2-3-7-17(16)22(23,24)25/h2-3,6-7,12,19H,4-5,8-11,13-14H2,1H3. The summed E-state index contributed by atoms with van der Waals surface area (Å²) in [6.45, 7) is 2.67. The van der Waals surface area contributed by atoms with Crippen molar-refractivity contribution in [3.63, 3.8) is 0 Å². The number of amides is 1. The highest BCUT2D eigenvalue weighted by Crippen LogP contribution is 2.32. The Morgan fingerprint density at radius 2 is 1.94 bits per heavy atom. The Bertz CT molecular complexity index is 1050. The number of aromatic nitrogens is 2. The van der Waals surface area contributed by atoms with E-state index in [1.807, 2.05) is 0 Å². The summed E-state index contributed by atoms with van der Waals surface area (Å²) in [5.41, 5.74) is 0.0263. The van der Waals surface area contributed by atoms with Crippen molar-refractivity contribution in [3.05, 3.63) is 57.5 Å². The first-order valence-corrected chi connectivity index (χ1v) is 10.6. The topological polar surface area (TPSA) is 67.7 Å². The molecule has 0 radical (unpaired) electrons. The van der Waals surface area contributed by atoms with Gasteiger partial charge in [-0.2, -0.15) is 23.0 Å². The quantitative estimate of drug-likeness (QED) is 0.716.